The molecular weight excluding hydrogens is 190 g/mol. The van der Waals surface area contributed by atoms with Crippen molar-refractivity contribution >= 4 is 5.78 Å². The molecule has 0 atom stereocenters. The van der Waals surface area contributed by atoms with E-state index < -0.39 is 0 Å². The average molecular weight is 207 g/mol. The number of hydrogen-bond acceptors (Lipinski definition) is 3. The Morgan fingerprint density at radius 1 is 1.40 bits per heavy atom. The van der Waals surface area contributed by atoms with Crippen LogP contribution in [0.1, 0.15) is 18.5 Å². The van der Waals surface area contributed by atoms with Gasteiger partial charge in [-0.05, 0) is 6.07 Å². The molecule has 1 aromatic rings. The van der Waals surface area contributed by atoms with Crippen LogP contribution in [-0.4, -0.2) is 40.1 Å². The Bertz CT molecular complexity index is 335. The zero-order chi connectivity index (χ0) is 10.7. The molecular formula is C11H17N3O. The fraction of sp³-hybridized carbons (Fsp3) is 0.636. The van der Waals surface area contributed by atoms with Crippen LogP contribution in [0.15, 0.2) is 12.3 Å². The molecule has 1 fully saturated rings. The minimum atomic E-state index is 0.409. The molecule has 0 unspecified atom stereocenters. The predicted octanol–water partition coefficient (Wildman–Crippen LogP) is 0.627. The first-order valence-electron chi connectivity index (χ1n) is 5.46. The van der Waals surface area contributed by atoms with E-state index in [4.69, 9.17) is 0 Å². The lowest BCUT2D eigenvalue weighted by molar-refractivity contribution is -0.121. The van der Waals surface area contributed by atoms with Crippen LogP contribution in [0.5, 0.6) is 0 Å². The summed E-state index contributed by atoms with van der Waals surface area (Å²) in [5.74, 6) is 0.409. The lowest BCUT2D eigenvalue weighted by atomic mass is 10.1. The zero-order valence-corrected chi connectivity index (χ0v) is 9.15. The number of aryl methyl sites for hydroxylation is 1. The average Bonchev–Trinajstić information content (AvgIpc) is 2.63. The number of ketones is 1. The highest BCUT2D eigenvalue weighted by Gasteiger charge is 2.15. The van der Waals surface area contributed by atoms with E-state index in [0.717, 1.165) is 38.9 Å². The number of nitrogens with zero attached hydrogens (tertiary/aromatic N) is 3. The molecule has 0 aromatic carbocycles. The molecule has 0 bridgehead atoms. The van der Waals surface area contributed by atoms with Crippen molar-refractivity contribution in [3.05, 3.63) is 18.0 Å². The van der Waals surface area contributed by atoms with E-state index >= 15 is 0 Å². The number of aromatic nitrogens is 2. The third kappa shape index (κ3) is 2.65. The Balaban J connectivity index is 1.79. The molecule has 1 aromatic heterocycles. The summed E-state index contributed by atoms with van der Waals surface area (Å²) in [6, 6.07) is 2.05. The molecule has 0 amide bonds. The van der Waals surface area contributed by atoms with Gasteiger partial charge in [0.05, 0.1) is 0 Å². The molecule has 0 saturated carbocycles. The van der Waals surface area contributed by atoms with Gasteiger partial charge >= 0.3 is 0 Å². The lowest BCUT2D eigenvalue weighted by Crippen LogP contribution is -2.35. The van der Waals surface area contributed by atoms with Gasteiger partial charge in [0.2, 0.25) is 0 Å². The van der Waals surface area contributed by atoms with Crippen molar-refractivity contribution in [1.29, 1.82) is 0 Å². The van der Waals surface area contributed by atoms with E-state index in [1.807, 2.05) is 17.9 Å². The first-order chi connectivity index (χ1) is 7.25. The molecule has 15 heavy (non-hydrogen) atoms. The normalized spacial score (nSPS) is 18.3. The largest absolute Gasteiger partial charge is 0.302 e. The number of piperidine rings is 1. The number of Topliss-reactive ketones (excluding diaryl/α,β-unsaturated/α-hetero) is 1. The van der Waals surface area contributed by atoms with Gasteiger partial charge in [0.25, 0.3) is 0 Å². The number of likely N-dealkylation sites (tertiary alicyclic amines) is 1. The summed E-state index contributed by atoms with van der Waals surface area (Å²) in [5, 5.41) is 4.14. The number of hydrogen-bond donors (Lipinski definition) is 0. The summed E-state index contributed by atoms with van der Waals surface area (Å²) < 4.78 is 1.91. The van der Waals surface area contributed by atoms with E-state index in [1.165, 1.54) is 5.69 Å². The molecule has 1 aliphatic heterocycles. The fourth-order valence-corrected chi connectivity index (χ4v) is 1.95. The third-order valence-corrected chi connectivity index (χ3v) is 3.02. The van der Waals surface area contributed by atoms with E-state index in [0.29, 0.717) is 5.78 Å². The van der Waals surface area contributed by atoms with Crippen LogP contribution in [0, 0.1) is 0 Å². The molecule has 0 aliphatic carbocycles. The standard InChI is InChI=1S/C11H17N3O/c1-13-10(2-6-12-13)3-7-14-8-4-11(15)5-9-14/h2,6H,3-5,7-9H2,1H3. The van der Waals surface area contributed by atoms with Gasteiger partial charge in [-0.15, -0.1) is 0 Å². The molecule has 1 saturated heterocycles. The van der Waals surface area contributed by atoms with E-state index in [9.17, 15) is 4.79 Å². The first kappa shape index (κ1) is 10.4. The molecule has 4 nitrogen and oxygen atoms in total. The Morgan fingerprint density at radius 3 is 2.73 bits per heavy atom. The molecule has 0 radical (unpaired) electrons. The molecule has 1 aliphatic rings. The maximum atomic E-state index is 11.1. The monoisotopic (exact) mass is 207 g/mol. The minimum Gasteiger partial charge on any atom is -0.302 e. The van der Waals surface area contributed by atoms with Crippen LogP contribution in [-0.2, 0) is 18.3 Å². The van der Waals surface area contributed by atoms with Gasteiger partial charge in [0.1, 0.15) is 5.78 Å². The molecule has 2 rings (SSSR count). The summed E-state index contributed by atoms with van der Waals surface area (Å²) in [6.07, 6.45) is 4.30. The van der Waals surface area contributed by atoms with Crippen molar-refractivity contribution in [2.75, 3.05) is 19.6 Å². The summed E-state index contributed by atoms with van der Waals surface area (Å²) in [6.45, 7) is 2.89. The Kier molecular flexibility index (Phi) is 3.16. The maximum Gasteiger partial charge on any atom is 0.135 e. The van der Waals surface area contributed by atoms with Crippen molar-refractivity contribution in [2.45, 2.75) is 19.3 Å². The first-order valence-corrected chi connectivity index (χ1v) is 5.46. The quantitative estimate of drug-likeness (QED) is 0.729. The topological polar surface area (TPSA) is 38.1 Å². The highest BCUT2D eigenvalue weighted by Crippen LogP contribution is 2.07. The van der Waals surface area contributed by atoms with Crippen LogP contribution in [0.25, 0.3) is 0 Å². The number of carbonyl (C=O) groups excluding carboxylic acids is 1. The predicted molar refractivity (Wildman–Crippen MR) is 57.6 cm³/mol. The summed E-state index contributed by atoms with van der Waals surface area (Å²) in [4.78, 5) is 13.4. The smallest absolute Gasteiger partial charge is 0.135 e. The van der Waals surface area contributed by atoms with Gasteiger partial charge in [0, 0.05) is 57.8 Å². The Hall–Kier alpha value is -1.16. The van der Waals surface area contributed by atoms with Crippen LogP contribution in [0.4, 0.5) is 0 Å². The molecule has 0 spiro atoms. The van der Waals surface area contributed by atoms with Gasteiger partial charge in [-0.3, -0.25) is 9.48 Å². The highest BCUT2D eigenvalue weighted by molar-refractivity contribution is 5.79. The van der Waals surface area contributed by atoms with E-state index in [2.05, 4.69) is 16.1 Å². The van der Waals surface area contributed by atoms with Crippen molar-refractivity contribution in [1.82, 2.24) is 14.7 Å². The van der Waals surface area contributed by atoms with Crippen LogP contribution in [0.2, 0.25) is 0 Å². The fourth-order valence-electron chi connectivity index (χ4n) is 1.95. The highest BCUT2D eigenvalue weighted by atomic mass is 16.1. The Labute approximate surface area is 89.9 Å². The molecule has 0 N–H and O–H groups in total. The Morgan fingerprint density at radius 2 is 2.13 bits per heavy atom. The lowest BCUT2D eigenvalue weighted by Gasteiger charge is -2.25. The van der Waals surface area contributed by atoms with Crippen LogP contribution < -0.4 is 0 Å². The second-order valence-corrected chi connectivity index (χ2v) is 4.08. The van der Waals surface area contributed by atoms with Crippen molar-refractivity contribution in [3.63, 3.8) is 0 Å². The summed E-state index contributed by atoms with van der Waals surface area (Å²) in [5.41, 5.74) is 1.26. The van der Waals surface area contributed by atoms with Crippen LogP contribution >= 0.6 is 0 Å². The molecule has 4 heteroatoms. The van der Waals surface area contributed by atoms with E-state index in [-0.39, 0.29) is 0 Å². The minimum absolute atomic E-state index is 0.409. The van der Waals surface area contributed by atoms with Crippen molar-refractivity contribution in [2.24, 2.45) is 7.05 Å². The summed E-state index contributed by atoms with van der Waals surface area (Å²) >= 11 is 0. The summed E-state index contributed by atoms with van der Waals surface area (Å²) in [7, 11) is 1.97. The van der Waals surface area contributed by atoms with Gasteiger partial charge in [-0.1, -0.05) is 0 Å². The molecule has 82 valence electrons. The number of rotatable bonds is 3. The van der Waals surface area contributed by atoms with Crippen molar-refractivity contribution in [3.8, 4) is 0 Å². The van der Waals surface area contributed by atoms with Gasteiger partial charge < -0.3 is 4.90 Å². The molecule has 2 heterocycles. The zero-order valence-electron chi connectivity index (χ0n) is 9.15. The SMILES string of the molecule is Cn1nccc1CCN1CCC(=O)CC1. The maximum absolute atomic E-state index is 11.1. The number of carbonyl (C=O) groups is 1. The van der Waals surface area contributed by atoms with Gasteiger partial charge in [0.15, 0.2) is 0 Å². The van der Waals surface area contributed by atoms with E-state index in [1.54, 1.807) is 0 Å². The second-order valence-electron chi connectivity index (χ2n) is 4.08. The van der Waals surface area contributed by atoms with Crippen LogP contribution in [0.3, 0.4) is 0 Å². The van der Waals surface area contributed by atoms with Crippen molar-refractivity contribution < 1.29 is 4.79 Å². The van der Waals surface area contributed by atoms with Gasteiger partial charge in [-0.25, -0.2) is 0 Å². The second kappa shape index (κ2) is 4.57. The van der Waals surface area contributed by atoms with Gasteiger partial charge in [-0.2, -0.15) is 5.10 Å². The third-order valence-electron chi connectivity index (χ3n) is 3.02.